The standard InChI is InChI=1S/C60H49NO/c1-4-19-42(20-5-2)47-25-9-10-30-50(47)60-53-29-8-6-7-28-51(53)59(52-31-11-12-32-54(52)60)43-22-18-24-46(37-35-43)61-56-33-15-13-27-49(56)55-39-44(36-38-57(55)61)41(3)21-17-23-45-40-62-58-34-16-14-26-48(45)58/h4,6-17,19-28,30-39,41H,5,18,40H2,1-3H3/b19-4-,21-17-,42-20+,45-23+. The van der Waals surface area contributed by atoms with Crippen molar-refractivity contribution in [1.29, 1.82) is 0 Å². The lowest BCUT2D eigenvalue weighted by molar-refractivity contribution is 0.388. The van der Waals surface area contributed by atoms with Crippen LogP contribution in [0.25, 0.3) is 77.9 Å². The molecule has 2 heterocycles. The Morgan fingerprint density at radius 3 is 2.39 bits per heavy atom. The highest BCUT2D eigenvalue weighted by Gasteiger charge is 2.20. The normalized spacial score (nSPS) is 16.0. The molecule has 62 heavy (non-hydrogen) atoms. The Hall–Kier alpha value is -7.38. The Balaban J connectivity index is 1.05. The summed E-state index contributed by atoms with van der Waals surface area (Å²) >= 11 is 0. The maximum Gasteiger partial charge on any atom is 0.127 e. The van der Waals surface area contributed by atoms with Gasteiger partial charge in [-0.15, -0.1) is 5.73 Å². The first-order valence-corrected chi connectivity index (χ1v) is 22.0. The van der Waals surface area contributed by atoms with Crippen LogP contribution in [0.5, 0.6) is 5.75 Å². The summed E-state index contributed by atoms with van der Waals surface area (Å²) in [5.41, 5.74) is 18.4. The third-order valence-corrected chi connectivity index (χ3v) is 12.4. The number of hydrogen-bond donors (Lipinski definition) is 0. The molecule has 0 fully saturated rings. The van der Waals surface area contributed by atoms with Crippen LogP contribution in [0.3, 0.4) is 0 Å². The Morgan fingerprint density at radius 1 is 0.774 bits per heavy atom. The van der Waals surface area contributed by atoms with Gasteiger partial charge in [0.1, 0.15) is 12.4 Å². The number of benzene rings is 6. The molecule has 3 aliphatic rings. The molecule has 0 amide bonds. The van der Waals surface area contributed by atoms with Crippen LogP contribution in [0.1, 0.15) is 61.8 Å². The molecule has 6 aromatic carbocycles. The number of allylic oxidation sites excluding steroid dienone is 16. The van der Waals surface area contributed by atoms with E-state index in [1.165, 1.54) is 93.6 Å². The second-order valence-corrected chi connectivity index (χ2v) is 16.2. The number of aromatic nitrogens is 1. The van der Waals surface area contributed by atoms with Crippen molar-refractivity contribution < 1.29 is 4.74 Å². The van der Waals surface area contributed by atoms with Crippen molar-refractivity contribution in [2.24, 2.45) is 0 Å². The van der Waals surface area contributed by atoms with Gasteiger partial charge in [0, 0.05) is 38.4 Å². The fourth-order valence-corrected chi connectivity index (χ4v) is 9.52. The molecule has 1 atom stereocenters. The zero-order valence-electron chi connectivity index (χ0n) is 35.6. The van der Waals surface area contributed by atoms with E-state index in [0.717, 1.165) is 23.8 Å². The van der Waals surface area contributed by atoms with E-state index >= 15 is 0 Å². The average molecular weight is 800 g/mol. The maximum absolute atomic E-state index is 5.89. The Labute approximate surface area is 364 Å². The molecule has 0 spiro atoms. The van der Waals surface area contributed by atoms with Gasteiger partial charge < -0.3 is 9.30 Å². The molecular formula is C60H49NO. The van der Waals surface area contributed by atoms with Crippen molar-refractivity contribution >= 4 is 66.8 Å². The van der Waals surface area contributed by atoms with E-state index in [1.807, 2.05) is 12.1 Å². The summed E-state index contributed by atoms with van der Waals surface area (Å²) in [6, 6.07) is 41.9. The lowest BCUT2D eigenvalue weighted by Gasteiger charge is -2.18. The fraction of sp³-hybridized carbons (Fsp3) is 0.117. The quantitative estimate of drug-likeness (QED) is 0.133. The van der Waals surface area contributed by atoms with Gasteiger partial charge in [-0.3, -0.25) is 0 Å². The van der Waals surface area contributed by atoms with Gasteiger partial charge in [-0.1, -0.05) is 178 Å². The van der Waals surface area contributed by atoms with Crippen molar-refractivity contribution in [3.05, 3.63) is 227 Å². The van der Waals surface area contributed by atoms with Crippen LogP contribution in [-0.2, 0) is 0 Å². The third-order valence-electron chi connectivity index (χ3n) is 12.4. The summed E-state index contributed by atoms with van der Waals surface area (Å²) in [7, 11) is 0. The smallest absolute Gasteiger partial charge is 0.127 e. The van der Waals surface area contributed by atoms with Crippen LogP contribution < -0.4 is 15.2 Å². The largest absolute Gasteiger partial charge is 0.488 e. The third kappa shape index (κ3) is 6.99. The van der Waals surface area contributed by atoms with Crippen molar-refractivity contribution in [2.75, 3.05) is 6.61 Å². The van der Waals surface area contributed by atoms with Crippen LogP contribution in [0.15, 0.2) is 194 Å². The number of ether oxygens (including phenoxy) is 1. The summed E-state index contributed by atoms with van der Waals surface area (Å²) in [4.78, 5) is 0. The molecule has 7 aromatic rings. The van der Waals surface area contributed by atoms with Crippen molar-refractivity contribution in [3.8, 4) is 16.9 Å². The van der Waals surface area contributed by atoms with Gasteiger partial charge in [0.25, 0.3) is 0 Å². The molecule has 1 unspecified atom stereocenters. The minimum Gasteiger partial charge on any atom is -0.488 e. The zero-order valence-corrected chi connectivity index (χ0v) is 35.6. The maximum atomic E-state index is 5.89. The summed E-state index contributed by atoms with van der Waals surface area (Å²) < 4.78 is 8.33. The predicted octanol–water partition coefficient (Wildman–Crippen LogP) is 14.3. The number of hydrogen-bond acceptors (Lipinski definition) is 1. The van der Waals surface area contributed by atoms with Gasteiger partial charge in [-0.25, -0.2) is 0 Å². The Kier molecular flexibility index (Phi) is 10.6. The number of fused-ring (bicyclic) bond motifs is 6. The summed E-state index contributed by atoms with van der Waals surface area (Å²) in [5.74, 6) is 1.21. The van der Waals surface area contributed by atoms with Gasteiger partial charge in [-0.05, 0) is 111 Å². The van der Waals surface area contributed by atoms with Crippen LogP contribution >= 0.6 is 0 Å². The second-order valence-electron chi connectivity index (χ2n) is 16.2. The molecule has 1 aromatic heterocycles. The highest BCUT2D eigenvalue weighted by atomic mass is 16.5. The minimum atomic E-state index is 0.242. The van der Waals surface area contributed by atoms with Gasteiger partial charge in [0.05, 0.1) is 11.0 Å². The molecular weight excluding hydrogens is 751 g/mol. The van der Waals surface area contributed by atoms with Gasteiger partial charge in [-0.2, -0.15) is 0 Å². The van der Waals surface area contributed by atoms with E-state index in [2.05, 4.69) is 219 Å². The highest BCUT2D eigenvalue weighted by molar-refractivity contribution is 6.11. The fourth-order valence-electron chi connectivity index (χ4n) is 9.52. The molecule has 2 aliphatic carbocycles. The second kappa shape index (κ2) is 16.9. The molecule has 2 nitrogen and oxygen atoms in total. The highest BCUT2D eigenvalue weighted by Crippen LogP contribution is 2.38. The van der Waals surface area contributed by atoms with Crippen LogP contribution in [0.2, 0.25) is 0 Å². The van der Waals surface area contributed by atoms with E-state index in [0.29, 0.717) is 6.61 Å². The topological polar surface area (TPSA) is 14.2 Å². The average Bonchev–Trinajstić information content (AvgIpc) is 3.63. The van der Waals surface area contributed by atoms with E-state index in [-0.39, 0.29) is 5.92 Å². The zero-order chi connectivity index (χ0) is 42.0. The van der Waals surface area contributed by atoms with Crippen LogP contribution in [0, 0.1) is 0 Å². The molecule has 0 bridgehead atoms. The number of nitrogens with zero attached hydrogens (tertiary/aromatic N) is 1. The molecule has 0 radical (unpaired) electrons. The lowest BCUT2D eigenvalue weighted by atomic mass is 9.85. The van der Waals surface area contributed by atoms with Gasteiger partial charge >= 0.3 is 0 Å². The first-order valence-electron chi connectivity index (χ1n) is 22.0. The molecule has 10 rings (SSSR count). The molecule has 0 saturated heterocycles. The minimum absolute atomic E-state index is 0.242. The van der Waals surface area contributed by atoms with Crippen molar-refractivity contribution in [1.82, 2.24) is 4.57 Å². The SMILES string of the molecule is C/C=C\C(=C/CC)c1ccccc1-c1c2c(c(C3=CCC=C(n4c5ccccc5c5cc(C(C)/C=C\C=C6/COc7ccccc76)ccc54)C=C3)c3ccccc13)=CC=CC=C=2. The van der Waals surface area contributed by atoms with Gasteiger partial charge in [0.15, 0.2) is 0 Å². The number of rotatable bonds is 9. The first kappa shape index (κ1) is 38.8. The molecule has 0 N–H and O–H groups in total. The molecule has 2 heteroatoms. The van der Waals surface area contributed by atoms with Crippen LogP contribution in [-0.4, -0.2) is 11.2 Å². The number of para-hydroxylation sites is 2. The molecule has 0 saturated carbocycles. The Bertz CT molecular complexity index is 3360. The van der Waals surface area contributed by atoms with Crippen LogP contribution in [0.4, 0.5) is 0 Å². The monoisotopic (exact) mass is 799 g/mol. The van der Waals surface area contributed by atoms with E-state index in [4.69, 9.17) is 4.74 Å². The van der Waals surface area contributed by atoms with E-state index in [1.54, 1.807) is 0 Å². The molecule has 1 aliphatic heterocycles. The van der Waals surface area contributed by atoms with Crippen molar-refractivity contribution in [3.63, 3.8) is 0 Å². The summed E-state index contributed by atoms with van der Waals surface area (Å²) in [6.07, 6.45) is 33.1. The summed E-state index contributed by atoms with van der Waals surface area (Å²) in [6.45, 7) is 7.20. The van der Waals surface area contributed by atoms with E-state index in [9.17, 15) is 0 Å². The molecule has 300 valence electrons. The lowest BCUT2D eigenvalue weighted by Crippen LogP contribution is -2.30. The Morgan fingerprint density at radius 2 is 1.53 bits per heavy atom. The summed E-state index contributed by atoms with van der Waals surface area (Å²) in [5, 5.41) is 7.30. The van der Waals surface area contributed by atoms with Crippen molar-refractivity contribution in [2.45, 2.75) is 39.5 Å². The van der Waals surface area contributed by atoms with Gasteiger partial charge in [0.2, 0.25) is 0 Å². The first-order chi connectivity index (χ1) is 30.6. The predicted molar refractivity (Wildman–Crippen MR) is 266 cm³/mol. The van der Waals surface area contributed by atoms with E-state index < -0.39 is 0 Å².